The van der Waals surface area contributed by atoms with Crippen molar-refractivity contribution in [3.8, 4) is 5.75 Å². The Labute approximate surface area is 119 Å². The van der Waals surface area contributed by atoms with Crippen LogP contribution in [0, 0.1) is 5.82 Å². The Morgan fingerprint density at radius 3 is 2.81 bits per heavy atom. The van der Waals surface area contributed by atoms with Crippen molar-refractivity contribution in [2.45, 2.75) is 6.54 Å². The molecule has 0 unspecified atom stereocenters. The van der Waals surface area contributed by atoms with Crippen LogP contribution in [0.5, 0.6) is 5.75 Å². The summed E-state index contributed by atoms with van der Waals surface area (Å²) in [7, 11) is 1.40. The first-order chi connectivity index (χ1) is 10.1. The maximum absolute atomic E-state index is 13.7. The minimum Gasteiger partial charge on any atom is -0.494 e. The van der Waals surface area contributed by atoms with E-state index in [0.717, 1.165) is 0 Å². The summed E-state index contributed by atoms with van der Waals surface area (Å²) in [5.74, 6) is -0.824. The van der Waals surface area contributed by atoms with Crippen molar-refractivity contribution in [3.05, 3.63) is 58.3 Å². The molecule has 1 aromatic heterocycles. The van der Waals surface area contributed by atoms with Crippen LogP contribution in [0.25, 0.3) is 11.1 Å². The second kappa shape index (κ2) is 4.97. The monoisotopic (exact) mass is 288 g/mol. The maximum Gasteiger partial charge on any atom is 0.420 e. The van der Waals surface area contributed by atoms with Crippen LogP contribution in [0.15, 0.2) is 45.6 Å². The predicted molar refractivity (Wildman–Crippen MR) is 76.9 cm³/mol. The number of fused-ring (bicyclic) bond motifs is 1. The van der Waals surface area contributed by atoms with Crippen molar-refractivity contribution in [2.24, 2.45) is 0 Å². The average molecular weight is 288 g/mol. The number of benzene rings is 2. The molecule has 2 N–H and O–H groups in total. The summed E-state index contributed by atoms with van der Waals surface area (Å²) in [6.45, 7) is 0.191. The van der Waals surface area contributed by atoms with E-state index >= 15 is 0 Å². The summed E-state index contributed by atoms with van der Waals surface area (Å²) in [6, 6.07) is 9.49. The first kappa shape index (κ1) is 13.2. The van der Waals surface area contributed by atoms with Gasteiger partial charge in [0.2, 0.25) is 0 Å². The van der Waals surface area contributed by atoms with Crippen LogP contribution in [0.4, 0.5) is 10.1 Å². The van der Waals surface area contributed by atoms with E-state index in [0.29, 0.717) is 22.4 Å². The molecule has 6 heteroatoms. The van der Waals surface area contributed by atoms with Crippen molar-refractivity contribution < 1.29 is 13.5 Å². The third-order valence-electron chi connectivity index (χ3n) is 3.25. The van der Waals surface area contributed by atoms with Gasteiger partial charge in [-0.05, 0) is 35.9 Å². The summed E-state index contributed by atoms with van der Waals surface area (Å²) in [4.78, 5) is 11.9. The van der Waals surface area contributed by atoms with Gasteiger partial charge in [0.25, 0.3) is 0 Å². The number of nitrogens with two attached hydrogens (primary N) is 1. The van der Waals surface area contributed by atoms with E-state index in [2.05, 4.69) is 0 Å². The zero-order valence-electron chi connectivity index (χ0n) is 11.3. The Hall–Kier alpha value is -2.76. The molecule has 0 saturated heterocycles. The molecule has 3 rings (SSSR count). The number of oxazole rings is 1. The summed E-state index contributed by atoms with van der Waals surface area (Å²) < 4.78 is 25.1. The van der Waals surface area contributed by atoms with Gasteiger partial charge in [0.1, 0.15) is 0 Å². The fourth-order valence-corrected chi connectivity index (χ4v) is 2.22. The normalized spacial score (nSPS) is 11.0. The number of aromatic nitrogens is 1. The number of nitrogens with zero attached hydrogens (tertiary/aromatic N) is 1. The first-order valence-corrected chi connectivity index (χ1v) is 6.30. The molecule has 0 spiro atoms. The number of methoxy groups -OCH3 is 1. The SMILES string of the molecule is COc1ccc(Cn2c(=O)oc3ccc(N)cc32)cc1F. The van der Waals surface area contributed by atoms with Crippen LogP contribution in [0.3, 0.4) is 0 Å². The summed E-state index contributed by atoms with van der Waals surface area (Å²) in [6.07, 6.45) is 0. The largest absolute Gasteiger partial charge is 0.494 e. The summed E-state index contributed by atoms with van der Waals surface area (Å²) in [5.41, 5.74) is 7.90. The van der Waals surface area contributed by atoms with Gasteiger partial charge in [0.05, 0.1) is 19.2 Å². The van der Waals surface area contributed by atoms with Gasteiger partial charge in [-0.2, -0.15) is 0 Å². The van der Waals surface area contributed by atoms with E-state index in [1.54, 1.807) is 24.3 Å². The van der Waals surface area contributed by atoms with Gasteiger partial charge in [-0.3, -0.25) is 4.57 Å². The Bertz CT molecular complexity index is 867. The molecule has 0 bridgehead atoms. The Morgan fingerprint density at radius 2 is 2.10 bits per heavy atom. The van der Waals surface area contributed by atoms with E-state index in [9.17, 15) is 9.18 Å². The molecule has 5 nitrogen and oxygen atoms in total. The Kier molecular flexibility index (Phi) is 3.13. The number of halogens is 1. The average Bonchev–Trinajstić information content (AvgIpc) is 2.75. The zero-order chi connectivity index (χ0) is 15.0. The van der Waals surface area contributed by atoms with Gasteiger partial charge in [-0.15, -0.1) is 0 Å². The molecule has 3 aromatic rings. The van der Waals surface area contributed by atoms with Crippen LogP contribution in [-0.4, -0.2) is 11.7 Å². The number of nitrogen functional groups attached to an aromatic ring is 1. The van der Waals surface area contributed by atoms with Crippen molar-refractivity contribution in [1.29, 1.82) is 0 Å². The van der Waals surface area contributed by atoms with Crippen molar-refractivity contribution in [1.82, 2.24) is 4.57 Å². The lowest BCUT2D eigenvalue weighted by Crippen LogP contribution is -2.15. The minimum absolute atomic E-state index is 0.160. The van der Waals surface area contributed by atoms with Gasteiger partial charge >= 0.3 is 5.76 Å². The highest BCUT2D eigenvalue weighted by atomic mass is 19.1. The second-order valence-electron chi connectivity index (χ2n) is 4.65. The molecular formula is C15H13FN2O3. The topological polar surface area (TPSA) is 70.4 Å². The molecule has 0 aliphatic rings. The highest BCUT2D eigenvalue weighted by Gasteiger charge is 2.11. The van der Waals surface area contributed by atoms with Crippen LogP contribution < -0.4 is 16.2 Å². The van der Waals surface area contributed by atoms with Crippen molar-refractivity contribution in [3.63, 3.8) is 0 Å². The van der Waals surface area contributed by atoms with Crippen LogP contribution >= 0.6 is 0 Å². The number of hydrogen-bond acceptors (Lipinski definition) is 4. The van der Waals surface area contributed by atoms with Gasteiger partial charge in [0, 0.05) is 5.69 Å². The maximum atomic E-state index is 13.7. The smallest absolute Gasteiger partial charge is 0.420 e. The fourth-order valence-electron chi connectivity index (χ4n) is 2.22. The highest BCUT2D eigenvalue weighted by Crippen LogP contribution is 2.20. The van der Waals surface area contributed by atoms with E-state index < -0.39 is 11.6 Å². The van der Waals surface area contributed by atoms with Gasteiger partial charge in [-0.1, -0.05) is 6.07 Å². The molecule has 0 atom stereocenters. The molecular weight excluding hydrogens is 275 g/mol. The van der Waals surface area contributed by atoms with E-state index in [4.69, 9.17) is 14.9 Å². The van der Waals surface area contributed by atoms with Gasteiger partial charge in [-0.25, -0.2) is 9.18 Å². The second-order valence-corrected chi connectivity index (χ2v) is 4.65. The lowest BCUT2D eigenvalue weighted by atomic mass is 10.2. The quantitative estimate of drug-likeness (QED) is 0.751. The third kappa shape index (κ3) is 2.35. The van der Waals surface area contributed by atoms with Crippen LogP contribution in [-0.2, 0) is 6.54 Å². The van der Waals surface area contributed by atoms with Gasteiger partial charge < -0.3 is 14.9 Å². The molecule has 21 heavy (non-hydrogen) atoms. The van der Waals surface area contributed by atoms with Crippen LogP contribution in [0.2, 0.25) is 0 Å². The Balaban J connectivity index is 2.05. The van der Waals surface area contributed by atoms with E-state index in [-0.39, 0.29) is 12.3 Å². The molecule has 0 amide bonds. The molecule has 108 valence electrons. The highest BCUT2D eigenvalue weighted by molar-refractivity contribution is 5.77. The minimum atomic E-state index is -0.508. The molecule has 0 fully saturated rings. The van der Waals surface area contributed by atoms with E-state index in [1.165, 1.54) is 23.8 Å². The number of hydrogen-bond donors (Lipinski definition) is 1. The molecule has 0 saturated carbocycles. The fraction of sp³-hybridized carbons (Fsp3) is 0.133. The van der Waals surface area contributed by atoms with Crippen molar-refractivity contribution in [2.75, 3.05) is 12.8 Å². The number of ether oxygens (including phenoxy) is 1. The molecule has 0 aliphatic carbocycles. The summed E-state index contributed by atoms with van der Waals surface area (Å²) >= 11 is 0. The zero-order valence-corrected chi connectivity index (χ0v) is 11.3. The van der Waals surface area contributed by atoms with Crippen LogP contribution in [0.1, 0.15) is 5.56 Å². The first-order valence-electron chi connectivity index (χ1n) is 6.30. The molecule has 2 aromatic carbocycles. The van der Waals surface area contributed by atoms with E-state index in [1.807, 2.05) is 0 Å². The van der Waals surface area contributed by atoms with Gasteiger partial charge in [0.15, 0.2) is 17.1 Å². The Morgan fingerprint density at radius 1 is 1.29 bits per heavy atom. The third-order valence-corrected chi connectivity index (χ3v) is 3.25. The number of rotatable bonds is 3. The predicted octanol–water partition coefficient (Wildman–Crippen LogP) is 2.37. The molecule has 1 heterocycles. The van der Waals surface area contributed by atoms with Crippen molar-refractivity contribution >= 4 is 16.8 Å². The lowest BCUT2D eigenvalue weighted by Gasteiger charge is -2.06. The molecule has 0 radical (unpaired) electrons. The molecule has 0 aliphatic heterocycles. The number of anilines is 1. The lowest BCUT2D eigenvalue weighted by molar-refractivity contribution is 0.386. The standard InChI is InChI=1S/C15H13FN2O3/c1-20-13-4-2-9(6-11(13)16)8-18-12-7-10(17)3-5-14(12)21-15(18)19/h2-7H,8,17H2,1H3. The summed E-state index contributed by atoms with van der Waals surface area (Å²) in [5, 5.41) is 0.